The first-order valence-corrected chi connectivity index (χ1v) is 11.0. The van der Waals surface area contributed by atoms with Crippen molar-refractivity contribution in [3.8, 4) is 0 Å². The maximum Gasteiger partial charge on any atom is 0.416 e. The second-order valence-electron chi connectivity index (χ2n) is 9.07. The molecule has 1 aliphatic heterocycles. The largest absolute Gasteiger partial charge is 0.416 e. The third-order valence-corrected chi connectivity index (χ3v) is 6.75. The number of hydrogen-bond donors (Lipinski definition) is 3. The molecule has 0 spiro atoms. The van der Waals surface area contributed by atoms with Crippen molar-refractivity contribution in [3.05, 3.63) is 42.2 Å². The minimum Gasteiger partial charge on any atom is -0.386 e. The minimum absolute atomic E-state index is 0.0280. The first-order chi connectivity index (χ1) is 15.5. The number of benzene rings is 1. The summed E-state index contributed by atoms with van der Waals surface area (Å²) < 4.78 is 39.1. The van der Waals surface area contributed by atoms with Gasteiger partial charge >= 0.3 is 6.18 Å². The van der Waals surface area contributed by atoms with Crippen LogP contribution in [0.2, 0.25) is 0 Å². The van der Waals surface area contributed by atoms with Gasteiger partial charge in [0.15, 0.2) is 0 Å². The van der Waals surface area contributed by atoms with Gasteiger partial charge in [-0.05, 0) is 56.4 Å². The number of rotatable bonds is 6. The molecule has 7 nitrogen and oxygen atoms in total. The molecule has 0 radical (unpaired) electrons. The molecule has 1 amide bonds. The van der Waals surface area contributed by atoms with E-state index in [1.54, 1.807) is 0 Å². The Bertz CT molecular complexity index is 1040. The van der Waals surface area contributed by atoms with Crippen LogP contribution in [0.15, 0.2) is 36.7 Å². The van der Waals surface area contributed by atoms with Gasteiger partial charge in [0.05, 0.1) is 29.3 Å². The van der Waals surface area contributed by atoms with E-state index in [1.165, 1.54) is 12.4 Å². The Hall–Kier alpha value is -2.72. The van der Waals surface area contributed by atoms with Gasteiger partial charge in [-0.1, -0.05) is 6.58 Å². The molecule has 1 aromatic heterocycles. The number of alkyl halides is 3. The van der Waals surface area contributed by atoms with E-state index in [-0.39, 0.29) is 29.7 Å². The summed E-state index contributed by atoms with van der Waals surface area (Å²) in [7, 11) is 0. The van der Waals surface area contributed by atoms with Crippen molar-refractivity contribution in [1.82, 2.24) is 20.2 Å². The Balaban J connectivity index is 1.26. The van der Waals surface area contributed by atoms with Crippen LogP contribution >= 0.6 is 0 Å². The Labute approximate surface area is 190 Å². The van der Waals surface area contributed by atoms with Gasteiger partial charge in [0.2, 0.25) is 5.91 Å². The average Bonchev–Trinajstić information content (AvgIpc) is 2.74. The predicted octanol–water partition coefficient (Wildman–Crippen LogP) is 3.11. The quantitative estimate of drug-likeness (QED) is 0.571. The van der Waals surface area contributed by atoms with E-state index >= 15 is 0 Å². The van der Waals surface area contributed by atoms with Gasteiger partial charge in [0, 0.05) is 24.5 Å². The van der Waals surface area contributed by atoms with Gasteiger partial charge in [-0.3, -0.25) is 9.69 Å². The lowest BCUT2D eigenvalue weighted by molar-refractivity contribution is -0.137. The van der Waals surface area contributed by atoms with Crippen molar-refractivity contribution in [2.24, 2.45) is 0 Å². The second-order valence-corrected chi connectivity index (χ2v) is 9.07. The van der Waals surface area contributed by atoms with Crippen molar-refractivity contribution < 1.29 is 23.1 Å². The molecule has 0 atom stereocenters. The molecule has 0 unspecified atom stereocenters. The van der Waals surface area contributed by atoms with Crippen LogP contribution in [-0.4, -0.2) is 63.2 Å². The molecule has 4 rings (SSSR count). The van der Waals surface area contributed by atoms with E-state index in [1.807, 2.05) is 6.92 Å². The van der Waals surface area contributed by atoms with Crippen LogP contribution in [0.3, 0.4) is 0 Å². The van der Waals surface area contributed by atoms with Gasteiger partial charge in [-0.15, -0.1) is 0 Å². The zero-order valence-electron chi connectivity index (χ0n) is 18.5. The fraction of sp³-hybridized carbons (Fsp3) is 0.522. The van der Waals surface area contributed by atoms with Gasteiger partial charge in [-0.25, -0.2) is 9.97 Å². The van der Waals surface area contributed by atoms with Crippen molar-refractivity contribution in [2.45, 2.75) is 56.5 Å². The highest BCUT2D eigenvalue weighted by molar-refractivity contribution is 5.91. The molecule has 1 saturated carbocycles. The van der Waals surface area contributed by atoms with Crippen molar-refractivity contribution in [2.75, 3.05) is 25.0 Å². The van der Waals surface area contributed by atoms with E-state index in [0.29, 0.717) is 24.4 Å². The zero-order valence-corrected chi connectivity index (χ0v) is 18.5. The van der Waals surface area contributed by atoms with E-state index in [0.717, 1.165) is 43.6 Å². The number of amides is 1. The third-order valence-electron chi connectivity index (χ3n) is 6.75. The molecule has 178 valence electrons. The van der Waals surface area contributed by atoms with E-state index in [4.69, 9.17) is 0 Å². The summed E-state index contributed by atoms with van der Waals surface area (Å²) in [6.07, 6.45) is -0.0334. The smallest absolute Gasteiger partial charge is 0.386 e. The molecular weight excluding hydrogens is 435 g/mol. The summed E-state index contributed by atoms with van der Waals surface area (Å²) >= 11 is 0. The number of anilines is 1. The fourth-order valence-electron chi connectivity index (χ4n) is 4.59. The average molecular weight is 464 g/mol. The normalized spacial score (nSPS) is 24.3. The molecular formula is C23H28F3N5O2. The van der Waals surface area contributed by atoms with Crippen molar-refractivity contribution in [1.29, 1.82) is 0 Å². The number of fused-ring (bicyclic) bond motifs is 1. The number of nitrogens with zero attached hydrogens (tertiary/aromatic N) is 3. The lowest BCUT2D eigenvalue weighted by atomic mass is 9.77. The van der Waals surface area contributed by atoms with Crippen LogP contribution in [0, 0.1) is 0 Å². The van der Waals surface area contributed by atoms with Crippen molar-refractivity contribution >= 4 is 22.6 Å². The van der Waals surface area contributed by atoms with Crippen LogP contribution in [0.5, 0.6) is 0 Å². The number of aromatic nitrogens is 2. The van der Waals surface area contributed by atoms with Crippen LogP contribution in [0.4, 0.5) is 19.0 Å². The maximum absolute atomic E-state index is 13.0. The standard InChI is InChI=1S/C23H28F3N5O2/c1-14(2)22(33)7-5-17(6-8-22)31-11-16(12-31)30-20(32)10-27-21-18-9-15(23(24,25)26)3-4-19(18)28-13-29-21/h3-4,9,13,16-17,33H,1,5-8,10-12H2,2H3,(H,30,32)(H,27,28,29)/t17-,22-. The van der Waals surface area contributed by atoms with Gasteiger partial charge in [0.25, 0.3) is 0 Å². The minimum atomic E-state index is -4.48. The molecule has 3 N–H and O–H groups in total. The highest BCUT2D eigenvalue weighted by atomic mass is 19.4. The van der Waals surface area contributed by atoms with Gasteiger partial charge < -0.3 is 15.7 Å². The number of carbonyl (C=O) groups excluding carboxylic acids is 1. The first-order valence-electron chi connectivity index (χ1n) is 11.0. The molecule has 2 aromatic rings. The number of carbonyl (C=O) groups is 1. The fourth-order valence-corrected chi connectivity index (χ4v) is 4.59. The summed E-state index contributed by atoms with van der Waals surface area (Å²) in [5.74, 6) is -0.0672. The number of nitrogens with one attached hydrogen (secondary N) is 2. The van der Waals surface area contributed by atoms with E-state index in [9.17, 15) is 23.1 Å². The zero-order chi connectivity index (χ0) is 23.8. The summed E-state index contributed by atoms with van der Waals surface area (Å²) in [4.78, 5) is 22.7. The molecule has 1 aliphatic carbocycles. The molecule has 1 aromatic carbocycles. The highest BCUT2D eigenvalue weighted by Crippen LogP contribution is 2.36. The summed E-state index contributed by atoms with van der Waals surface area (Å²) in [6.45, 7) is 7.14. The Kier molecular flexibility index (Phi) is 6.32. The number of aliphatic hydroxyl groups is 1. The second kappa shape index (κ2) is 8.90. The summed E-state index contributed by atoms with van der Waals surface area (Å²) in [5, 5.41) is 16.5. The molecule has 2 aliphatic rings. The topological polar surface area (TPSA) is 90.4 Å². The van der Waals surface area contributed by atoms with Gasteiger partial charge in [-0.2, -0.15) is 13.2 Å². The maximum atomic E-state index is 13.0. The Morgan fingerprint density at radius 2 is 1.97 bits per heavy atom. The van der Waals surface area contributed by atoms with Gasteiger partial charge in [0.1, 0.15) is 12.1 Å². The predicted molar refractivity (Wildman–Crippen MR) is 119 cm³/mol. The summed E-state index contributed by atoms with van der Waals surface area (Å²) in [5.41, 5.74) is -0.377. The Morgan fingerprint density at radius 1 is 1.27 bits per heavy atom. The molecule has 33 heavy (non-hydrogen) atoms. The van der Waals surface area contributed by atoms with Crippen LogP contribution in [0.1, 0.15) is 38.2 Å². The van der Waals surface area contributed by atoms with Crippen LogP contribution < -0.4 is 10.6 Å². The molecule has 10 heteroatoms. The highest BCUT2D eigenvalue weighted by Gasteiger charge is 2.39. The molecule has 2 heterocycles. The number of hydrogen-bond acceptors (Lipinski definition) is 6. The summed E-state index contributed by atoms with van der Waals surface area (Å²) in [6, 6.07) is 3.67. The van der Waals surface area contributed by atoms with E-state index in [2.05, 4.69) is 32.1 Å². The monoisotopic (exact) mass is 463 g/mol. The lowest BCUT2D eigenvalue weighted by Crippen LogP contribution is -2.63. The molecule has 0 bridgehead atoms. The third kappa shape index (κ3) is 5.11. The Morgan fingerprint density at radius 3 is 2.61 bits per heavy atom. The van der Waals surface area contributed by atoms with Crippen molar-refractivity contribution in [3.63, 3.8) is 0 Å². The van der Waals surface area contributed by atoms with E-state index < -0.39 is 17.3 Å². The van der Waals surface area contributed by atoms with Crippen LogP contribution in [0.25, 0.3) is 10.9 Å². The van der Waals surface area contributed by atoms with Crippen LogP contribution in [-0.2, 0) is 11.0 Å². The number of halogens is 3. The molecule has 1 saturated heterocycles. The molecule has 2 fully saturated rings. The number of likely N-dealkylation sites (tertiary alicyclic amines) is 1. The SMILES string of the molecule is C=C(C)[C@]1(O)CC[C@H](N2CC(NC(=O)CNc3ncnc4ccc(C(F)(F)F)cc34)C2)CC1. The first kappa shape index (κ1) is 23.4. The lowest BCUT2D eigenvalue weighted by Gasteiger charge is -2.48.